The molecule has 1 saturated carbocycles. The molecule has 1 aliphatic rings. The van der Waals surface area contributed by atoms with Gasteiger partial charge in [-0.2, -0.15) is 0 Å². The molecule has 0 radical (unpaired) electrons. The van der Waals surface area contributed by atoms with Crippen LogP contribution in [-0.4, -0.2) is 22.1 Å². The van der Waals surface area contributed by atoms with E-state index in [1.54, 1.807) is 12.1 Å². The molecule has 1 unspecified atom stereocenters. The van der Waals surface area contributed by atoms with Gasteiger partial charge in [0.2, 0.25) is 0 Å². The third kappa shape index (κ3) is 2.01. The Morgan fingerprint density at radius 1 is 1.56 bits per heavy atom. The lowest BCUT2D eigenvalue weighted by Gasteiger charge is -2.45. The van der Waals surface area contributed by atoms with Crippen molar-refractivity contribution in [2.24, 2.45) is 5.41 Å². The van der Waals surface area contributed by atoms with Crippen molar-refractivity contribution in [3.63, 3.8) is 0 Å². The van der Waals surface area contributed by atoms with E-state index in [0.717, 1.165) is 6.42 Å². The van der Waals surface area contributed by atoms with Crippen LogP contribution in [0.1, 0.15) is 37.2 Å². The van der Waals surface area contributed by atoms with E-state index in [9.17, 15) is 4.79 Å². The predicted octanol–water partition coefficient (Wildman–Crippen LogP) is 2.38. The standard InChI is InChI=1S/C12H16N2O2/c1-12(2)7-6-9(12)14-10-5-3-4-8(13-10)11(15)16/h3-5,9H,6-7H2,1-2H3,(H,13,14)(H,15,16). The van der Waals surface area contributed by atoms with Crippen LogP contribution in [0, 0.1) is 5.41 Å². The summed E-state index contributed by atoms with van der Waals surface area (Å²) in [5.41, 5.74) is 0.364. The number of hydrogen-bond donors (Lipinski definition) is 2. The smallest absolute Gasteiger partial charge is 0.354 e. The van der Waals surface area contributed by atoms with Crippen LogP contribution in [0.5, 0.6) is 0 Å². The van der Waals surface area contributed by atoms with E-state index in [1.807, 2.05) is 0 Å². The predicted molar refractivity (Wildman–Crippen MR) is 61.6 cm³/mol. The summed E-state index contributed by atoms with van der Waals surface area (Å²) in [4.78, 5) is 14.8. The molecule has 0 spiro atoms. The Morgan fingerprint density at radius 2 is 2.31 bits per heavy atom. The van der Waals surface area contributed by atoms with E-state index in [4.69, 9.17) is 5.11 Å². The van der Waals surface area contributed by atoms with E-state index in [0.29, 0.717) is 11.9 Å². The summed E-state index contributed by atoms with van der Waals surface area (Å²) in [6.45, 7) is 4.41. The van der Waals surface area contributed by atoms with Crippen molar-refractivity contribution in [2.45, 2.75) is 32.7 Å². The molecule has 1 aromatic heterocycles. The number of aromatic nitrogens is 1. The molecule has 2 rings (SSSR count). The molecule has 1 atom stereocenters. The van der Waals surface area contributed by atoms with Crippen LogP contribution in [0.25, 0.3) is 0 Å². The highest BCUT2D eigenvalue weighted by Crippen LogP contribution is 2.41. The van der Waals surface area contributed by atoms with Gasteiger partial charge in [-0.1, -0.05) is 19.9 Å². The molecule has 0 aromatic carbocycles. The van der Waals surface area contributed by atoms with E-state index >= 15 is 0 Å². The van der Waals surface area contributed by atoms with Gasteiger partial charge < -0.3 is 10.4 Å². The van der Waals surface area contributed by atoms with E-state index in [1.165, 1.54) is 12.5 Å². The summed E-state index contributed by atoms with van der Waals surface area (Å²) < 4.78 is 0. The first kappa shape index (κ1) is 10.9. The molecule has 1 aromatic rings. The average Bonchev–Trinajstić information content (AvgIpc) is 2.25. The van der Waals surface area contributed by atoms with Crippen LogP contribution in [-0.2, 0) is 0 Å². The van der Waals surface area contributed by atoms with E-state index in [2.05, 4.69) is 24.1 Å². The first-order valence-electron chi connectivity index (χ1n) is 5.46. The Hall–Kier alpha value is -1.58. The Bertz CT molecular complexity index is 415. The molecule has 0 bridgehead atoms. The summed E-state index contributed by atoms with van der Waals surface area (Å²) in [5.74, 6) is -0.339. The highest BCUT2D eigenvalue weighted by atomic mass is 16.4. The van der Waals surface area contributed by atoms with Crippen LogP contribution in [0.15, 0.2) is 18.2 Å². The second kappa shape index (κ2) is 3.77. The van der Waals surface area contributed by atoms with Crippen molar-refractivity contribution in [1.29, 1.82) is 0 Å². The minimum atomic E-state index is -0.989. The number of anilines is 1. The Labute approximate surface area is 94.7 Å². The second-order valence-corrected chi connectivity index (χ2v) is 4.94. The van der Waals surface area contributed by atoms with Gasteiger partial charge in [-0.05, 0) is 30.4 Å². The van der Waals surface area contributed by atoms with Gasteiger partial charge in [0.05, 0.1) is 0 Å². The maximum absolute atomic E-state index is 10.8. The molecule has 1 fully saturated rings. The third-order valence-electron chi connectivity index (χ3n) is 3.31. The largest absolute Gasteiger partial charge is 0.477 e. The molecule has 4 heteroatoms. The molecule has 16 heavy (non-hydrogen) atoms. The zero-order valence-electron chi connectivity index (χ0n) is 9.53. The number of carboxylic acids is 1. The van der Waals surface area contributed by atoms with Gasteiger partial charge in [0.15, 0.2) is 5.69 Å². The highest BCUT2D eigenvalue weighted by Gasteiger charge is 2.38. The number of pyridine rings is 1. The van der Waals surface area contributed by atoms with E-state index < -0.39 is 5.97 Å². The lowest BCUT2D eigenvalue weighted by Crippen LogP contribution is -2.45. The average molecular weight is 220 g/mol. The van der Waals surface area contributed by atoms with Crippen LogP contribution in [0.2, 0.25) is 0 Å². The van der Waals surface area contributed by atoms with E-state index in [-0.39, 0.29) is 11.1 Å². The van der Waals surface area contributed by atoms with Gasteiger partial charge in [0.1, 0.15) is 5.82 Å². The van der Waals surface area contributed by atoms with Crippen molar-refractivity contribution in [3.8, 4) is 0 Å². The first-order chi connectivity index (χ1) is 7.49. The van der Waals surface area contributed by atoms with Gasteiger partial charge in [-0.25, -0.2) is 9.78 Å². The van der Waals surface area contributed by atoms with Gasteiger partial charge in [0, 0.05) is 6.04 Å². The number of nitrogens with zero attached hydrogens (tertiary/aromatic N) is 1. The quantitative estimate of drug-likeness (QED) is 0.821. The van der Waals surface area contributed by atoms with Gasteiger partial charge in [-0.15, -0.1) is 0 Å². The van der Waals surface area contributed by atoms with Crippen LogP contribution in [0.4, 0.5) is 5.82 Å². The maximum Gasteiger partial charge on any atom is 0.354 e. The normalized spacial score (nSPS) is 22.2. The fourth-order valence-corrected chi connectivity index (χ4v) is 1.95. The molecule has 86 valence electrons. The third-order valence-corrected chi connectivity index (χ3v) is 3.31. The van der Waals surface area contributed by atoms with Crippen molar-refractivity contribution < 1.29 is 9.90 Å². The number of rotatable bonds is 3. The van der Waals surface area contributed by atoms with Crippen molar-refractivity contribution in [2.75, 3.05) is 5.32 Å². The lowest BCUT2D eigenvalue weighted by molar-refractivity contribution is 0.0690. The van der Waals surface area contributed by atoms with Crippen molar-refractivity contribution in [3.05, 3.63) is 23.9 Å². The fraction of sp³-hybridized carbons (Fsp3) is 0.500. The number of hydrogen-bond acceptors (Lipinski definition) is 3. The van der Waals surface area contributed by atoms with Crippen LogP contribution < -0.4 is 5.32 Å². The zero-order valence-corrected chi connectivity index (χ0v) is 9.53. The maximum atomic E-state index is 10.8. The molecule has 1 aliphatic carbocycles. The summed E-state index contributed by atoms with van der Waals surface area (Å²) in [5, 5.41) is 12.1. The lowest BCUT2D eigenvalue weighted by atomic mass is 9.67. The second-order valence-electron chi connectivity index (χ2n) is 4.94. The SMILES string of the molecule is CC1(C)CCC1Nc1cccc(C(=O)O)n1. The highest BCUT2D eigenvalue weighted by molar-refractivity contribution is 5.85. The van der Waals surface area contributed by atoms with Crippen LogP contribution >= 0.6 is 0 Å². The molecular weight excluding hydrogens is 204 g/mol. The summed E-state index contributed by atoms with van der Waals surface area (Å²) in [6, 6.07) is 5.41. The van der Waals surface area contributed by atoms with Gasteiger partial charge >= 0.3 is 5.97 Å². The minimum Gasteiger partial charge on any atom is -0.477 e. The van der Waals surface area contributed by atoms with Crippen molar-refractivity contribution in [1.82, 2.24) is 4.98 Å². The Morgan fingerprint density at radius 3 is 2.81 bits per heavy atom. The fourth-order valence-electron chi connectivity index (χ4n) is 1.95. The number of carbonyl (C=O) groups is 1. The number of aromatic carboxylic acids is 1. The van der Waals surface area contributed by atoms with Crippen molar-refractivity contribution >= 4 is 11.8 Å². The van der Waals surface area contributed by atoms with Crippen LogP contribution in [0.3, 0.4) is 0 Å². The summed E-state index contributed by atoms with van der Waals surface area (Å²) >= 11 is 0. The molecule has 1 heterocycles. The minimum absolute atomic E-state index is 0.0853. The molecule has 0 aliphatic heterocycles. The number of nitrogens with one attached hydrogen (secondary N) is 1. The molecule has 0 saturated heterocycles. The first-order valence-corrected chi connectivity index (χ1v) is 5.46. The summed E-state index contributed by atoms with van der Waals surface area (Å²) in [6.07, 6.45) is 2.31. The number of carboxylic acid groups (broad SMARTS) is 1. The zero-order chi connectivity index (χ0) is 11.8. The Balaban J connectivity index is 2.10. The van der Waals surface area contributed by atoms with Gasteiger partial charge in [-0.3, -0.25) is 0 Å². The topological polar surface area (TPSA) is 62.2 Å². The molecule has 4 nitrogen and oxygen atoms in total. The molecule has 2 N–H and O–H groups in total. The Kier molecular flexibility index (Phi) is 2.58. The molecular formula is C12H16N2O2. The monoisotopic (exact) mass is 220 g/mol. The molecule has 0 amide bonds. The van der Waals surface area contributed by atoms with Gasteiger partial charge in [0.25, 0.3) is 0 Å². The summed E-state index contributed by atoms with van der Waals surface area (Å²) in [7, 11) is 0.